The fourth-order valence-electron chi connectivity index (χ4n) is 6.81. The van der Waals surface area contributed by atoms with Gasteiger partial charge in [-0.05, 0) is 43.4 Å². The Balaban J connectivity index is 1.53. The van der Waals surface area contributed by atoms with Gasteiger partial charge in [0.2, 0.25) is 0 Å². The van der Waals surface area contributed by atoms with Gasteiger partial charge in [0.25, 0.3) is 0 Å². The Hall–Kier alpha value is -1.12. The van der Waals surface area contributed by atoms with Crippen LogP contribution in [-0.4, -0.2) is 37.3 Å². The molecule has 28 heavy (non-hydrogen) atoms. The zero-order valence-electron chi connectivity index (χ0n) is 18.4. The Morgan fingerprint density at radius 2 is 1.75 bits per heavy atom. The van der Waals surface area contributed by atoms with Crippen molar-refractivity contribution in [3.8, 4) is 0 Å². The van der Waals surface area contributed by atoms with E-state index < -0.39 is 0 Å². The predicted octanol–water partition coefficient (Wildman–Crippen LogP) is 5.83. The Bertz CT molecular complexity index is 677. The summed E-state index contributed by atoms with van der Waals surface area (Å²) in [7, 11) is 4.78. The summed E-state index contributed by atoms with van der Waals surface area (Å²) in [6.07, 6.45) is 13.9. The lowest BCUT2D eigenvalue weighted by Crippen LogP contribution is -2.58. The largest absolute Gasteiger partial charge is 0.374 e. The molecular weight excluding hydrogens is 342 g/mol. The molecule has 1 aromatic rings. The van der Waals surface area contributed by atoms with Gasteiger partial charge in [-0.15, -0.1) is 0 Å². The minimum atomic E-state index is 0.175. The predicted molar refractivity (Wildman–Crippen MR) is 117 cm³/mol. The molecule has 5 atom stereocenters. The van der Waals surface area contributed by atoms with E-state index in [1.807, 2.05) is 0 Å². The summed E-state index contributed by atoms with van der Waals surface area (Å²) in [6.45, 7) is 7.18. The van der Waals surface area contributed by atoms with E-state index in [0.717, 1.165) is 29.4 Å². The number of allylic oxidation sites excluding steroid dienone is 2. The van der Waals surface area contributed by atoms with E-state index in [0.29, 0.717) is 18.1 Å². The molecule has 2 fully saturated rings. The average Bonchev–Trinajstić information content (AvgIpc) is 2.67. The third kappa shape index (κ3) is 4.24. The van der Waals surface area contributed by atoms with E-state index >= 15 is 0 Å². The molecule has 1 saturated heterocycles. The fourth-order valence-corrected chi connectivity index (χ4v) is 6.81. The van der Waals surface area contributed by atoms with Crippen LogP contribution in [-0.2, 0) is 11.3 Å². The Kier molecular flexibility index (Phi) is 5.73. The van der Waals surface area contributed by atoms with Crippen LogP contribution in [0.4, 0.5) is 0 Å². The smallest absolute Gasteiger partial charge is 0.104 e. The maximum atomic E-state index is 6.98. The third-order valence-electron chi connectivity index (χ3n) is 7.54. The molecule has 0 spiro atoms. The van der Waals surface area contributed by atoms with Crippen LogP contribution < -0.4 is 0 Å². The highest BCUT2D eigenvalue weighted by Crippen LogP contribution is 2.50. The standard InChI is InChI=1S/C26H40NO/c1-26(2,19-27(3,4)18-20-12-6-5-7-13-20)25-23-16-9-8-14-21(23)22-15-10-11-17-24(22)28-25/h5-8,12-14,21-25H,9-11,15-19H2,1-4H3/q+1/t21-,22+,23-,24+,25+/m0/s1. The molecule has 1 heterocycles. The highest BCUT2D eigenvalue weighted by atomic mass is 16.5. The van der Waals surface area contributed by atoms with Gasteiger partial charge in [-0.25, -0.2) is 0 Å². The number of hydrogen-bond acceptors (Lipinski definition) is 1. The van der Waals surface area contributed by atoms with Crippen LogP contribution in [0.5, 0.6) is 0 Å². The van der Waals surface area contributed by atoms with Gasteiger partial charge in [-0.2, -0.15) is 0 Å². The van der Waals surface area contributed by atoms with Crippen molar-refractivity contribution in [2.75, 3.05) is 20.6 Å². The monoisotopic (exact) mass is 382 g/mol. The molecule has 2 aliphatic carbocycles. The minimum absolute atomic E-state index is 0.175. The van der Waals surface area contributed by atoms with Gasteiger partial charge in [0, 0.05) is 11.0 Å². The van der Waals surface area contributed by atoms with Crippen molar-refractivity contribution in [1.29, 1.82) is 0 Å². The van der Waals surface area contributed by atoms with Crippen molar-refractivity contribution in [2.24, 2.45) is 23.2 Å². The Labute approximate surface area is 172 Å². The molecule has 2 nitrogen and oxygen atoms in total. The minimum Gasteiger partial charge on any atom is -0.374 e. The van der Waals surface area contributed by atoms with Crippen LogP contribution in [0.25, 0.3) is 0 Å². The van der Waals surface area contributed by atoms with Gasteiger partial charge in [0.05, 0.1) is 32.8 Å². The molecule has 3 aliphatic rings. The van der Waals surface area contributed by atoms with Gasteiger partial charge in [0.1, 0.15) is 6.54 Å². The maximum absolute atomic E-state index is 6.98. The lowest BCUT2D eigenvalue weighted by Gasteiger charge is -2.54. The van der Waals surface area contributed by atoms with Crippen molar-refractivity contribution >= 4 is 0 Å². The lowest BCUT2D eigenvalue weighted by atomic mass is 9.61. The second-order valence-corrected chi connectivity index (χ2v) is 11.0. The van der Waals surface area contributed by atoms with Crippen LogP contribution in [0.2, 0.25) is 0 Å². The molecule has 0 amide bonds. The van der Waals surface area contributed by atoms with Gasteiger partial charge in [-0.1, -0.05) is 69.2 Å². The van der Waals surface area contributed by atoms with Crippen LogP contribution in [0.3, 0.4) is 0 Å². The molecule has 0 radical (unpaired) electrons. The molecule has 0 bridgehead atoms. The highest BCUT2D eigenvalue weighted by molar-refractivity contribution is 5.13. The summed E-state index contributed by atoms with van der Waals surface area (Å²) in [5.41, 5.74) is 1.60. The van der Waals surface area contributed by atoms with E-state index in [1.54, 1.807) is 0 Å². The first-order valence-electron chi connectivity index (χ1n) is 11.5. The summed E-state index contributed by atoms with van der Waals surface area (Å²) in [4.78, 5) is 0. The zero-order chi connectivity index (χ0) is 19.8. The van der Waals surface area contributed by atoms with Crippen LogP contribution in [0, 0.1) is 23.2 Å². The van der Waals surface area contributed by atoms with E-state index in [9.17, 15) is 0 Å². The van der Waals surface area contributed by atoms with E-state index in [4.69, 9.17) is 4.74 Å². The normalized spacial score (nSPS) is 33.2. The van der Waals surface area contributed by atoms with Crippen molar-refractivity contribution in [1.82, 2.24) is 0 Å². The molecule has 0 aromatic heterocycles. The highest BCUT2D eigenvalue weighted by Gasteiger charge is 2.51. The molecule has 4 rings (SSSR count). The summed E-state index contributed by atoms with van der Waals surface area (Å²) >= 11 is 0. The second-order valence-electron chi connectivity index (χ2n) is 11.0. The topological polar surface area (TPSA) is 9.23 Å². The average molecular weight is 383 g/mol. The Morgan fingerprint density at radius 3 is 2.54 bits per heavy atom. The van der Waals surface area contributed by atoms with Crippen molar-refractivity contribution < 1.29 is 9.22 Å². The number of hydrogen-bond donors (Lipinski definition) is 0. The molecule has 0 unspecified atom stereocenters. The summed E-state index contributed by atoms with van der Waals surface area (Å²) in [5, 5.41) is 0. The van der Waals surface area contributed by atoms with E-state index in [-0.39, 0.29) is 5.41 Å². The first kappa shape index (κ1) is 20.2. The summed E-state index contributed by atoms with van der Waals surface area (Å²) in [6, 6.07) is 11.0. The first-order chi connectivity index (χ1) is 13.4. The summed E-state index contributed by atoms with van der Waals surface area (Å²) < 4.78 is 7.99. The maximum Gasteiger partial charge on any atom is 0.104 e. The number of fused-ring (bicyclic) bond motifs is 3. The number of nitrogens with zero attached hydrogens (tertiary/aromatic N) is 1. The molecule has 2 heteroatoms. The number of quaternary nitrogens is 1. The molecule has 1 aromatic carbocycles. The fraction of sp³-hybridized carbons (Fsp3) is 0.692. The van der Waals surface area contributed by atoms with E-state index in [2.05, 4.69) is 70.4 Å². The molecule has 1 saturated carbocycles. The van der Waals surface area contributed by atoms with Crippen LogP contribution >= 0.6 is 0 Å². The van der Waals surface area contributed by atoms with Crippen LogP contribution in [0.15, 0.2) is 42.5 Å². The number of benzene rings is 1. The lowest BCUT2D eigenvalue weighted by molar-refractivity contribution is -0.910. The van der Waals surface area contributed by atoms with Gasteiger partial charge >= 0.3 is 0 Å². The first-order valence-corrected chi connectivity index (χ1v) is 11.5. The molecule has 1 aliphatic heterocycles. The van der Waals surface area contributed by atoms with Gasteiger partial charge < -0.3 is 9.22 Å². The van der Waals surface area contributed by atoms with Crippen molar-refractivity contribution in [2.45, 2.75) is 71.1 Å². The molecular formula is C26H40NO+. The zero-order valence-corrected chi connectivity index (χ0v) is 18.4. The van der Waals surface area contributed by atoms with E-state index in [1.165, 1.54) is 44.1 Å². The van der Waals surface area contributed by atoms with Crippen molar-refractivity contribution in [3.05, 3.63) is 48.0 Å². The second kappa shape index (κ2) is 7.95. The molecule has 0 N–H and O–H groups in total. The molecule has 154 valence electrons. The third-order valence-corrected chi connectivity index (χ3v) is 7.54. The SMILES string of the molecule is CC(C)(C[N+](C)(C)Cc1ccccc1)[C@@H]1O[C@@H]2CCCC[C@@H]2[C@@H]2C=CCC[C@@H]21. The van der Waals surface area contributed by atoms with Gasteiger partial charge in [0.15, 0.2) is 0 Å². The quantitative estimate of drug-likeness (QED) is 0.460. The summed E-state index contributed by atoms with van der Waals surface area (Å²) in [5.74, 6) is 2.23. The van der Waals surface area contributed by atoms with Crippen LogP contribution in [0.1, 0.15) is 57.9 Å². The Morgan fingerprint density at radius 1 is 1.00 bits per heavy atom. The van der Waals surface area contributed by atoms with Gasteiger partial charge in [-0.3, -0.25) is 0 Å². The van der Waals surface area contributed by atoms with Crippen molar-refractivity contribution in [3.63, 3.8) is 0 Å². The number of rotatable bonds is 5. The number of ether oxygens (including phenoxy) is 1.